The van der Waals surface area contributed by atoms with Gasteiger partial charge in [0.05, 0.1) is 5.69 Å². The van der Waals surface area contributed by atoms with E-state index in [1.54, 1.807) is 23.5 Å². The van der Waals surface area contributed by atoms with E-state index < -0.39 is 6.09 Å². The number of hydrogen-bond donors (Lipinski definition) is 1. The predicted molar refractivity (Wildman–Crippen MR) is 157 cm³/mol. The second kappa shape index (κ2) is 13.3. The van der Waals surface area contributed by atoms with E-state index in [0.29, 0.717) is 35.5 Å². The highest BCUT2D eigenvalue weighted by Gasteiger charge is 2.27. The van der Waals surface area contributed by atoms with Crippen molar-refractivity contribution in [2.24, 2.45) is 18.1 Å². The SMILES string of the molecule is CSc1cccc(C(=NOCc2ccc(C(C)(C)C)c(N(CCC3CCCCC3)C(=O)O)n2)c2nnnn2C)c1. The number of tetrazole rings is 1. The molecule has 0 unspecified atom stereocenters. The van der Waals surface area contributed by atoms with Gasteiger partial charge in [0.15, 0.2) is 12.3 Å². The lowest BCUT2D eigenvalue weighted by Gasteiger charge is -2.29. The minimum absolute atomic E-state index is 0.0600. The number of anilines is 1. The standard InChI is InChI=1S/C29H39N7O3S/c1-29(2,3)24-15-14-22(30-26(24)36(28(37)38)17-16-20-10-7-6-8-11-20)19-39-32-25(27-31-33-34-35(27)4)21-12-9-13-23(18-21)40-5/h9,12-15,18,20H,6-8,10-11,16-17,19H2,1-5H3,(H,37,38). The fourth-order valence-electron chi connectivity index (χ4n) is 5.02. The van der Waals surface area contributed by atoms with Gasteiger partial charge in [-0.3, -0.25) is 4.90 Å². The van der Waals surface area contributed by atoms with Crippen molar-refractivity contribution in [3.63, 3.8) is 0 Å². The highest BCUT2D eigenvalue weighted by molar-refractivity contribution is 7.98. The topological polar surface area (TPSA) is 119 Å². The summed E-state index contributed by atoms with van der Waals surface area (Å²) in [5, 5.41) is 26.4. The van der Waals surface area contributed by atoms with Crippen LogP contribution >= 0.6 is 11.8 Å². The first-order valence-corrected chi connectivity index (χ1v) is 15.0. The Morgan fingerprint density at radius 1 is 1.20 bits per heavy atom. The second-order valence-corrected chi connectivity index (χ2v) is 12.1. The van der Waals surface area contributed by atoms with Crippen LogP contribution in [0.15, 0.2) is 46.4 Å². The molecule has 214 valence electrons. The number of benzene rings is 1. The number of amides is 1. The van der Waals surface area contributed by atoms with Gasteiger partial charge in [-0.05, 0) is 52.6 Å². The Kier molecular flexibility index (Phi) is 9.78. The summed E-state index contributed by atoms with van der Waals surface area (Å²) in [6.07, 6.45) is 7.93. The summed E-state index contributed by atoms with van der Waals surface area (Å²) in [7, 11) is 1.75. The van der Waals surface area contributed by atoms with Gasteiger partial charge in [0.25, 0.3) is 0 Å². The third kappa shape index (κ3) is 7.38. The van der Waals surface area contributed by atoms with Crippen molar-refractivity contribution in [2.45, 2.75) is 76.2 Å². The summed E-state index contributed by atoms with van der Waals surface area (Å²) in [5.41, 5.74) is 2.50. The number of aryl methyl sites for hydroxylation is 1. The Bertz CT molecular complexity index is 1330. The molecule has 11 heteroatoms. The molecule has 0 aliphatic heterocycles. The van der Waals surface area contributed by atoms with Crippen LogP contribution < -0.4 is 4.90 Å². The minimum Gasteiger partial charge on any atom is -0.465 e. The van der Waals surface area contributed by atoms with Crippen LogP contribution in [0.5, 0.6) is 0 Å². The van der Waals surface area contributed by atoms with Crippen molar-refractivity contribution < 1.29 is 14.7 Å². The van der Waals surface area contributed by atoms with Gasteiger partial charge in [0, 0.05) is 29.6 Å². The van der Waals surface area contributed by atoms with E-state index in [1.165, 1.54) is 37.0 Å². The molecule has 3 aromatic rings. The van der Waals surface area contributed by atoms with E-state index in [4.69, 9.17) is 9.82 Å². The quantitative estimate of drug-likeness (QED) is 0.179. The maximum atomic E-state index is 12.4. The fourth-order valence-corrected chi connectivity index (χ4v) is 5.48. The molecule has 1 aliphatic rings. The third-order valence-corrected chi connectivity index (χ3v) is 7.98. The Balaban J connectivity index is 1.60. The zero-order valence-electron chi connectivity index (χ0n) is 24.0. The molecular formula is C29H39N7O3S. The molecule has 40 heavy (non-hydrogen) atoms. The first-order chi connectivity index (χ1) is 19.2. The number of oxime groups is 1. The number of carboxylic acid groups (broad SMARTS) is 1. The van der Waals surface area contributed by atoms with Gasteiger partial charge in [0.2, 0.25) is 5.82 Å². The summed E-state index contributed by atoms with van der Waals surface area (Å²) in [6, 6.07) is 11.7. The first kappa shape index (κ1) is 29.5. The number of rotatable bonds is 10. The summed E-state index contributed by atoms with van der Waals surface area (Å²) in [4.78, 5) is 25.5. The molecule has 10 nitrogen and oxygen atoms in total. The van der Waals surface area contributed by atoms with Crippen LogP contribution in [-0.4, -0.2) is 54.9 Å². The van der Waals surface area contributed by atoms with E-state index in [2.05, 4.69) is 41.5 Å². The monoisotopic (exact) mass is 565 g/mol. The van der Waals surface area contributed by atoms with Gasteiger partial charge >= 0.3 is 6.09 Å². The molecule has 1 aliphatic carbocycles. The van der Waals surface area contributed by atoms with Gasteiger partial charge < -0.3 is 9.94 Å². The highest BCUT2D eigenvalue weighted by atomic mass is 32.2. The van der Waals surface area contributed by atoms with Crippen LogP contribution in [0.3, 0.4) is 0 Å². The normalized spacial score (nSPS) is 14.8. The summed E-state index contributed by atoms with van der Waals surface area (Å²) in [5.74, 6) is 1.49. The van der Waals surface area contributed by atoms with E-state index in [-0.39, 0.29) is 12.0 Å². The van der Waals surface area contributed by atoms with Crippen LogP contribution in [0.25, 0.3) is 0 Å². The Hall–Kier alpha value is -3.47. The average Bonchev–Trinajstić information content (AvgIpc) is 3.36. The first-order valence-electron chi connectivity index (χ1n) is 13.8. The molecule has 1 amide bonds. The number of nitrogens with zero attached hydrogens (tertiary/aromatic N) is 7. The predicted octanol–water partition coefficient (Wildman–Crippen LogP) is 6.05. The smallest absolute Gasteiger partial charge is 0.413 e. The third-order valence-electron chi connectivity index (χ3n) is 7.26. The zero-order chi connectivity index (χ0) is 28.7. The maximum Gasteiger partial charge on any atom is 0.413 e. The summed E-state index contributed by atoms with van der Waals surface area (Å²) >= 11 is 1.63. The summed E-state index contributed by atoms with van der Waals surface area (Å²) in [6.45, 7) is 6.69. The molecule has 1 fully saturated rings. The van der Waals surface area contributed by atoms with Gasteiger partial charge in [-0.25, -0.2) is 14.5 Å². The Morgan fingerprint density at radius 2 is 1.98 bits per heavy atom. The van der Waals surface area contributed by atoms with Crippen LogP contribution in [0.1, 0.15) is 81.9 Å². The average molecular weight is 566 g/mol. The molecule has 0 atom stereocenters. The Labute approximate surface area is 240 Å². The minimum atomic E-state index is -0.990. The molecule has 1 aromatic carbocycles. The fraction of sp³-hybridized carbons (Fsp3) is 0.517. The largest absolute Gasteiger partial charge is 0.465 e. The van der Waals surface area contributed by atoms with Crippen molar-refractivity contribution in [1.29, 1.82) is 0 Å². The number of pyridine rings is 1. The molecule has 0 radical (unpaired) electrons. The highest BCUT2D eigenvalue weighted by Crippen LogP contribution is 2.33. The van der Waals surface area contributed by atoms with Crippen molar-refractivity contribution >= 4 is 29.4 Å². The van der Waals surface area contributed by atoms with Gasteiger partial charge in [0.1, 0.15) is 5.82 Å². The van der Waals surface area contributed by atoms with Crippen LogP contribution in [-0.2, 0) is 23.9 Å². The molecule has 1 saturated carbocycles. The van der Waals surface area contributed by atoms with Gasteiger partial charge in [-0.2, -0.15) is 0 Å². The van der Waals surface area contributed by atoms with Crippen molar-refractivity contribution in [1.82, 2.24) is 25.2 Å². The molecular weight excluding hydrogens is 526 g/mol. The van der Waals surface area contributed by atoms with Crippen molar-refractivity contribution in [3.8, 4) is 0 Å². The van der Waals surface area contributed by atoms with Crippen molar-refractivity contribution in [3.05, 3.63) is 59.0 Å². The van der Waals surface area contributed by atoms with Crippen LogP contribution in [0.2, 0.25) is 0 Å². The number of thioether (sulfide) groups is 1. The number of hydrogen-bond acceptors (Lipinski definition) is 8. The maximum absolute atomic E-state index is 12.4. The van der Waals surface area contributed by atoms with Crippen LogP contribution in [0, 0.1) is 5.92 Å². The zero-order valence-corrected chi connectivity index (χ0v) is 24.8. The second-order valence-electron chi connectivity index (χ2n) is 11.2. The molecule has 1 N–H and O–H groups in total. The molecule has 4 rings (SSSR count). The van der Waals surface area contributed by atoms with E-state index in [9.17, 15) is 9.90 Å². The lowest BCUT2D eigenvalue weighted by molar-refractivity contribution is 0.128. The van der Waals surface area contributed by atoms with E-state index in [1.807, 2.05) is 42.7 Å². The van der Waals surface area contributed by atoms with Gasteiger partial charge in [-0.1, -0.05) is 76.2 Å². The van der Waals surface area contributed by atoms with E-state index in [0.717, 1.165) is 22.4 Å². The van der Waals surface area contributed by atoms with Gasteiger partial charge in [-0.15, -0.1) is 16.9 Å². The lowest BCUT2D eigenvalue weighted by Crippen LogP contribution is -2.35. The number of carbonyl (C=O) groups is 1. The molecule has 0 saturated heterocycles. The Morgan fingerprint density at radius 3 is 2.62 bits per heavy atom. The lowest BCUT2D eigenvalue weighted by atomic mass is 9.86. The molecule has 0 bridgehead atoms. The molecule has 2 aromatic heterocycles. The van der Waals surface area contributed by atoms with E-state index >= 15 is 0 Å². The van der Waals surface area contributed by atoms with Crippen LogP contribution in [0.4, 0.5) is 10.6 Å². The summed E-state index contributed by atoms with van der Waals surface area (Å²) < 4.78 is 1.54. The molecule has 0 spiro atoms. The van der Waals surface area contributed by atoms with Crippen molar-refractivity contribution in [2.75, 3.05) is 17.7 Å². The molecule has 2 heterocycles. The number of aromatic nitrogens is 5.